The molecule has 6 heteroatoms. The molecule has 2 aromatic heterocycles. The number of amides is 1. The Morgan fingerprint density at radius 2 is 2.07 bits per heavy atom. The van der Waals surface area contributed by atoms with E-state index in [4.69, 9.17) is 4.42 Å². The van der Waals surface area contributed by atoms with Crippen molar-refractivity contribution in [2.45, 2.75) is 46.2 Å². The van der Waals surface area contributed by atoms with Crippen LogP contribution in [0.2, 0.25) is 0 Å². The maximum absolute atomic E-state index is 13.0. The Hall–Kier alpha value is -2.89. The first-order valence-electron chi connectivity index (χ1n) is 9.46. The minimum Gasteiger partial charge on any atom is -0.461 e. The number of carbonyl (C=O) groups excluding carboxylic acids is 1. The summed E-state index contributed by atoms with van der Waals surface area (Å²) in [6.07, 6.45) is 3.19. The molecule has 0 N–H and O–H groups in total. The van der Waals surface area contributed by atoms with Gasteiger partial charge in [0.25, 0.3) is 5.56 Å². The van der Waals surface area contributed by atoms with E-state index < -0.39 is 0 Å². The molecule has 1 aliphatic rings. The Labute approximate surface area is 157 Å². The van der Waals surface area contributed by atoms with E-state index in [0.29, 0.717) is 32.5 Å². The highest BCUT2D eigenvalue weighted by molar-refractivity contribution is 5.88. The van der Waals surface area contributed by atoms with Gasteiger partial charge in [-0.3, -0.25) is 14.2 Å². The number of hydrogen-bond acceptors (Lipinski definition) is 4. The molecule has 3 heterocycles. The molecule has 1 aromatic carbocycles. The summed E-state index contributed by atoms with van der Waals surface area (Å²) < 4.78 is 7.52. The summed E-state index contributed by atoms with van der Waals surface area (Å²) in [7, 11) is 0. The molecule has 0 saturated heterocycles. The van der Waals surface area contributed by atoms with Crippen molar-refractivity contribution in [3.05, 3.63) is 63.5 Å². The molecule has 0 radical (unpaired) electrons. The first-order chi connectivity index (χ1) is 13.1. The van der Waals surface area contributed by atoms with Crippen LogP contribution in [0.4, 0.5) is 0 Å². The normalized spacial score (nSPS) is 13.8. The fourth-order valence-corrected chi connectivity index (χ4v) is 3.79. The third kappa shape index (κ3) is 3.05. The van der Waals surface area contributed by atoms with Crippen LogP contribution in [0.3, 0.4) is 0 Å². The predicted molar refractivity (Wildman–Crippen MR) is 103 cm³/mol. The van der Waals surface area contributed by atoms with Gasteiger partial charge in [-0.15, -0.1) is 0 Å². The zero-order chi connectivity index (χ0) is 19.0. The van der Waals surface area contributed by atoms with Gasteiger partial charge in [-0.1, -0.05) is 25.1 Å². The quantitative estimate of drug-likeness (QED) is 0.713. The highest BCUT2D eigenvalue weighted by Crippen LogP contribution is 2.27. The monoisotopic (exact) mass is 365 g/mol. The number of carbonyl (C=O) groups is 1. The molecule has 0 unspecified atom stereocenters. The van der Waals surface area contributed by atoms with Gasteiger partial charge in [0.1, 0.15) is 11.3 Å². The van der Waals surface area contributed by atoms with Crippen molar-refractivity contribution >= 4 is 16.9 Å². The average molecular weight is 365 g/mol. The molecule has 1 amide bonds. The summed E-state index contributed by atoms with van der Waals surface area (Å²) in [5.41, 5.74) is 3.27. The minimum atomic E-state index is 0.0173. The number of furan rings is 1. The van der Waals surface area contributed by atoms with E-state index in [1.54, 1.807) is 15.8 Å². The summed E-state index contributed by atoms with van der Waals surface area (Å²) in [6.45, 7) is 5.51. The maximum atomic E-state index is 13.0. The van der Waals surface area contributed by atoms with E-state index in [1.165, 1.54) is 0 Å². The zero-order valence-corrected chi connectivity index (χ0v) is 15.7. The van der Waals surface area contributed by atoms with Gasteiger partial charge in [-0.25, -0.2) is 4.98 Å². The van der Waals surface area contributed by atoms with Crippen LogP contribution in [0.25, 0.3) is 11.0 Å². The number of aryl methyl sites for hydroxylation is 2. The van der Waals surface area contributed by atoms with Gasteiger partial charge >= 0.3 is 0 Å². The van der Waals surface area contributed by atoms with Crippen molar-refractivity contribution in [1.82, 2.24) is 14.5 Å². The number of fused-ring (bicyclic) bond motifs is 2. The number of benzene rings is 1. The maximum Gasteiger partial charge on any atom is 0.256 e. The van der Waals surface area contributed by atoms with Crippen LogP contribution in [0.1, 0.15) is 36.4 Å². The highest BCUT2D eigenvalue weighted by Gasteiger charge is 2.26. The number of nitrogens with zero attached hydrogens (tertiary/aromatic N) is 3. The smallest absolute Gasteiger partial charge is 0.256 e. The predicted octanol–water partition coefficient (Wildman–Crippen LogP) is 2.70. The lowest BCUT2D eigenvalue weighted by atomic mass is 10.0. The second-order valence-electron chi connectivity index (χ2n) is 6.86. The van der Waals surface area contributed by atoms with Gasteiger partial charge in [0.15, 0.2) is 0 Å². The van der Waals surface area contributed by atoms with Gasteiger partial charge in [0.2, 0.25) is 5.91 Å². The van der Waals surface area contributed by atoms with E-state index in [9.17, 15) is 9.59 Å². The second kappa shape index (κ2) is 7.02. The summed E-state index contributed by atoms with van der Waals surface area (Å²) in [4.78, 5) is 31.6. The van der Waals surface area contributed by atoms with Crippen LogP contribution in [-0.4, -0.2) is 26.9 Å². The topological polar surface area (TPSA) is 68.3 Å². The summed E-state index contributed by atoms with van der Waals surface area (Å²) >= 11 is 0. The van der Waals surface area contributed by atoms with Crippen LogP contribution >= 0.6 is 0 Å². The first kappa shape index (κ1) is 17.5. The van der Waals surface area contributed by atoms with Gasteiger partial charge in [0.05, 0.1) is 25.0 Å². The van der Waals surface area contributed by atoms with Gasteiger partial charge in [0, 0.05) is 36.0 Å². The molecule has 27 heavy (non-hydrogen) atoms. The Balaban J connectivity index is 1.59. The Morgan fingerprint density at radius 3 is 2.85 bits per heavy atom. The molecule has 0 fully saturated rings. The Kier molecular flexibility index (Phi) is 4.56. The van der Waals surface area contributed by atoms with Crippen molar-refractivity contribution in [3.8, 4) is 0 Å². The van der Waals surface area contributed by atoms with Gasteiger partial charge in [-0.05, 0) is 19.4 Å². The number of rotatable bonds is 4. The fraction of sp³-hybridized carbons (Fsp3) is 0.381. The molecule has 0 aliphatic carbocycles. The highest BCUT2D eigenvalue weighted by atomic mass is 16.3. The van der Waals surface area contributed by atoms with Crippen LogP contribution in [0.15, 0.2) is 39.8 Å². The van der Waals surface area contributed by atoms with Crippen molar-refractivity contribution in [2.75, 3.05) is 6.54 Å². The molecule has 4 rings (SSSR count). The lowest BCUT2D eigenvalue weighted by Crippen LogP contribution is -2.41. The third-order valence-electron chi connectivity index (χ3n) is 5.32. The second-order valence-corrected chi connectivity index (χ2v) is 6.86. The molecule has 0 saturated carbocycles. The SMILES string of the molecule is CCc1oc2ccccc2c1CC(=O)N1CCc2c(ncn(CC)c2=O)C1. The van der Waals surface area contributed by atoms with Crippen LogP contribution in [-0.2, 0) is 37.1 Å². The molecule has 1 aliphatic heterocycles. The van der Waals surface area contributed by atoms with Crippen molar-refractivity contribution in [1.29, 1.82) is 0 Å². The summed E-state index contributed by atoms with van der Waals surface area (Å²) in [5, 5.41) is 1.00. The van der Waals surface area contributed by atoms with Crippen LogP contribution in [0.5, 0.6) is 0 Å². The molecule has 6 nitrogen and oxygen atoms in total. The molecular formula is C21H23N3O3. The largest absolute Gasteiger partial charge is 0.461 e. The lowest BCUT2D eigenvalue weighted by Gasteiger charge is -2.28. The number of para-hydroxylation sites is 1. The Morgan fingerprint density at radius 1 is 1.26 bits per heavy atom. The summed E-state index contributed by atoms with van der Waals surface area (Å²) in [5.74, 6) is 0.911. The van der Waals surface area contributed by atoms with Crippen molar-refractivity contribution in [2.24, 2.45) is 0 Å². The van der Waals surface area contributed by atoms with E-state index in [2.05, 4.69) is 4.98 Å². The van der Waals surface area contributed by atoms with E-state index >= 15 is 0 Å². The Bertz CT molecular complexity index is 1060. The minimum absolute atomic E-state index is 0.0173. The number of hydrogen-bond donors (Lipinski definition) is 0. The van der Waals surface area contributed by atoms with Crippen molar-refractivity contribution < 1.29 is 9.21 Å². The molecule has 0 bridgehead atoms. The summed E-state index contributed by atoms with van der Waals surface area (Å²) in [6, 6.07) is 7.83. The van der Waals surface area contributed by atoms with Crippen molar-refractivity contribution in [3.63, 3.8) is 0 Å². The molecule has 0 atom stereocenters. The standard InChI is InChI=1S/C21H23N3O3/c1-3-18-16(14-7-5-6-8-19(14)27-18)11-20(25)24-10-9-15-17(12-24)22-13-23(4-2)21(15)26/h5-8,13H,3-4,9-12H2,1-2H3. The van der Waals surface area contributed by atoms with E-state index in [-0.39, 0.29) is 11.5 Å². The van der Waals surface area contributed by atoms with Gasteiger partial charge < -0.3 is 9.32 Å². The lowest BCUT2D eigenvalue weighted by molar-refractivity contribution is -0.131. The van der Waals surface area contributed by atoms with E-state index in [0.717, 1.165) is 40.0 Å². The molecule has 140 valence electrons. The number of aromatic nitrogens is 2. The fourth-order valence-electron chi connectivity index (χ4n) is 3.79. The molecular weight excluding hydrogens is 342 g/mol. The van der Waals surface area contributed by atoms with Gasteiger partial charge in [-0.2, -0.15) is 0 Å². The molecule has 0 spiro atoms. The van der Waals surface area contributed by atoms with Crippen LogP contribution in [0, 0.1) is 0 Å². The zero-order valence-electron chi connectivity index (χ0n) is 15.7. The molecule has 3 aromatic rings. The van der Waals surface area contributed by atoms with E-state index in [1.807, 2.05) is 38.1 Å². The third-order valence-corrected chi connectivity index (χ3v) is 5.32. The first-order valence-corrected chi connectivity index (χ1v) is 9.46. The average Bonchev–Trinajstić information content (AvgIpc) is 3.05. The van der Waals surface area contributed by atoms with Crippen LogP contribution < -0.4 is 5.56 Å².